The fraction of sp³-hybridized carbons (Fsp3) is 0.150. The van der Waals surface area contributed by atoms with Gasteiger partial charge in [0.1, 0.15) is 11.6 Å². The fourth-order valence-electron chi connectivity index (χ4n) is 3.17. The Morgan fingerprint density at radius 3 is 2.64 bits per heavy atom. The first kappa shape index (κ1) is 18.7. The molecule has 4 aromatic rings. The van der Waals surface area contributed by atoms with Gasteiger partial charge in [-0.25, -0.2) is 9.37 Å². The van der Waals surface area contributed by atoms with Gasteiger partial charge in [-0.1, -0.05) is 29.3 Å². The topological polar surface area (TPSA) is 52.7 Å². The van der Waals surface area contributed by atoms with Gasteiger partial charge in [0.25, 0.3) is 0 Å². The Morgan fingerprint density at radius 1 is 1.14 bits per heavy atom. The average Bonchev–Trinajstić information content (AvgIpc) is 3.03. The number of aryl methyl sites for hydroxylation is 2. The van der Waals surface area contributed by atoms with Crippen LogP contribution in [0.2, 0.25) is 10.0 Å². The Labute approximate surface area is 170 Å². The van der Waals surface area contributed by atoms with E-state index in [-0.39, 0.29) is 11.9 Å². The summed E-state index contributed by atoms with van der Waals surface area (Å²) in [5.41, 5.74) is 2.38. The summed E-state index contributed by atoms with van der Waals surface area (Å²) in [6, 6.07) is 9.94. The van der Waals surface area contributed by atoms with E-state index in [0.717, 1.165) is 11.3 Å². The summed E-state index contributed by atoms with van der Waals surface area (Å²) in [5, 5.41) is 0.936. The molecule has 2 aromatic heterocycles. The van der Waals surface area contributed by atoms with E-state index < -0.39 is 11.4 Å². The van der Waals surface area contributed by atoms with Gasteiger partial charge in [-0.2, -0.15) is 4.98 Å². The minimum atomic E-state index is -0.457. The SMILES string of the molecule is Cc1cc(-n2c(Cc3ccc(Cl)cc3F)nc(=O)c3ncn(C)c32)ccc1Cl. The van der Waals surface area contributed by atoms with Gasteiger partial charge in [0.15, 0.2) is 11.2 Å². The summed E-state index contributed by atoms with van der Waals surface area (Å²) in [5.74, 6) is -0.0604. The first-order valence-electron chi connectivity index (χ1n) is 8.48. The van der Waals surface area contributed by atoms with Gasteiger partial charge in [-0.15, -0.1) is 0 Å². The number of rotatable bonds is 3. The molecule has 0 spiro atoms. The van der Waals surface area contributed by atoms with Crippen molar-refractivity contribution in [2.24, 2.45) is 7.05 Å². The van der Waals surface area contributed by atoms with Crippen molar-refractivity contribution in [1.29, 1.82) is 0 Å². The van der Waals surface area contributed by atoms with E-state index in [1.165, 1.54) is 6.07 Å². The molecule has 28 heavy (non-hydrogen) atoms. The van der Waals surface area contributed by atoms with Crippen LogP contribution in [-0.2, 0) is 13.5 Å². The fourth-order valence-corrected chi connectivity index (χ4v) is 3.45. The number of hydrogen-bond donors (Lipinski definition) is 0. The molecule has 4 rings (SSSR count). The molecule has 0 saturated heterocycles. The highest BCUT2D eigenvalue weighted by Crippen LogP contribution is 2.24. The van der Waals surface area contributed by atoms with Crippen LogP contribution in [0.25, 0.3) is 16.9 Å². The Bertz CT molecular complexity index is 1280. The summed E-state index contributed by atoms with van der Waals surface area (Å²) in [6.45, 7) is 1.89. The van der Waals surface area contributed by atoms with Crippen molar-refractivity contribution in [2.45, 2.75) is 13.3 Å². The molecule has 0 saturated carbocycles. The molecule has 8 heteroatoms. The van der Waals surface area contributed by atoms with Crippen molar-refractivity contribution < 1.29 is 4.39 Å². The van der Waals surface area contributed by atoms with Crippen LogP contribution in [0.5, 0.6) is 0 Å². The summed E-state index contributed by atoms with van der Waals surface area (Å²) < 4.78 is 17.9. The first-order chi connectivity index (χ1) is 13.3. The van der Waals surface area contributed by atoms with Crippen molar-refractivity contribution in [1.82, 2.24) is 19.1 Å². The molecule has 142 valence electrons. The van der Waals surface area contributed by atoms with Crippen LogP contribution in [0.3, 0.4) is 0 Å². The second kappa shape index (κ2) is 7.04. The van der Waals surface area contributed by atoms with Gasteiger partial charge < -0.3 is 4.57 Å². The van der Waals surface area contributed by atoms with Gasteiger partial charge in [0.05, 0.1) is 6.33 Å². The van der Waals surface area contributed by atoms with E-state index in [2.05, 4.69) is 9.97 Å². The van der Waals surface area contributed by atoms with E-state index in [1.54, 1.807) is 40.7 Å². The molecule has 0 bridgehead atoms. The van der Waals surface area contributed by atoms with Gasteiger partial charge in [0.2, 0.25) is 0 Å². The molecule has 5 nitrogen and oxygen atoms in total. The zero-order valence-electron chi connectivity index (χ0n) is 15.1. The molecule has 2 heterocycles. The minimum absolute atomic E-state index is 0.112. The quantitative estimate of drug-likeness (QED) is 0.495. The van der Waals surface area contributed by atoms with Crippen LogP contribution in [-0.4, -0.2) is 19.1 Å². The Hall–Kier alpha value is -2.70. The maximum Gasteiger partial charge on any atom is 0.301 e. The maximum absolute atomic E-state index is 14.4. The predicted molar refractivity (Wildman–Crippen MR) is 108 cm³/mol. The molecular formula is C20H15Cl2FN4O. The van der Waals surface area contributed by atoms with E-state index in [4.69, 9.17) is 23.2 Å². The smallest absolute Gasteiger partial charge is 0.301 e. The van der Waals surface area contributed by atoms with Crippen molar-refractivity contribution >= 4 is 34.4 Å². The van der Waals surface area contributed by atoms with Gasteiger partial charge in [0, 0.05) is 29.2 Å². The Balaban J connectivity index is 2.01. The number of aromatic nitrogens is 4. The Kier molecular flexibility index (Phi) is 4.69. The summed E-state index contributed by atoms with van der Waals surface area (Å²) in [7, 11) is 1.79. The van der Waals surface area contributed by atoms with Crippen molar-refractivity contribution in [3.63, 3.8) is 0 Å². The van der Waals surface area contributed by atoms with E-state index in [9.17, 15) is 9.18 Å². The van der Waals surface area contributed by atoms with Gasteiger partial charge in [-0.3, -0.25) is 9.36 Å². The average molecular weight is 417 g/mol. The third kappa shape index (κ3) is 3.19. The number of hydrogen-bond acceptors (Lipinski definition) is 3. The van der Waals surface area contributed by atoms with Crippen LogP contribution in [0.4, 0.5) is 4.39 Å². The number of halogens is 3. The Morgan fingerprint density at radius 2 is 1.93 bits per heavy atom. The molecule has 0 aliphatic heterocycles. The van der Waals surface area contributed by atoms with Crippen LogP contribution in [0.1, 0.15) is 17.0 Å². The lowest BCUT2D eigenvalue weighted by molar-refractivity contribution is 0.611. The van der Waals surface area contributed by atoms with E-state index >= 15 is 0 Å². The zero-order chi connectivity index (χ0) is 20.0. The highest BCUT2D eigenvalue weighted by molar-refractivity contribution is 6.31. The molecule has 2 aromatic carbocycles. The molecule has 0 aliphatic carbocycles. The van der Waals surface area contributed by atoms with Crippen molar-refractivity contribution in [3.05, 3.63) is 85.9 Å². The third-order valence-corrected chi connectivity index (χ3v) is 5.23. The predicted octanol–water partition coefficient (Wildman–Crippen LogP) is 4.46. The maximum atomic E-state index is 14.4. The molecule has 0 unspecified atom stereocenters. The molecule has 0 aliphatic rings. The molecule has 0 N–H and O–H groups in total. The minimum Gasteiger partial charge on any atom is -0.319 e. The highest BCUT2D eigenvalue weighted by Gasteiger charge is 2.18. The number of fused-ring (bicyclic) bond motifs is 1. The highest BCUT2D eigenvalue weighted by atomic mass is 35.5. The second-order valence-corrected chi connectivity index (χ2v) is 7.39. The molecule has 0 atom stereocenters. The lowest BCUT2D eigenvalue weighted by Crippen LogP contribution is -2.20. The summed E-state index contributed by atoms with van der Waals surface area (Å²) in [6.07, 6.45) is 1.67. The van der Waals surface area contributed by atoms with E-state index in [0.29, 0.717) is 27.1 Å². The first-order valence-corrected chi connectivity index (χ1v) is 9.24. The number of imidazole rings is 1. The van der Waals surface area contributed by atoms with Gasteiger partial charge in [-0.05, 0) is 48.4 Å². The van der Waals surface area contributed by atoms with Crippen LogP contribution >= 0.6 is 23.2 Å². The number of benzene rings is 2. The third-order valence-electron chi connectivity index (χ3n) is 4.57. The summed E-state index contributed by atoms with van der Waals surface area (Å²) >= 11 is 12.0. The largest absolute Gasteiger partial charge is 0.319 e. The molecule has 0 fully saturated rings. The molecule has 0 radical (unpaired) electrons. The lowest BCUT2D eigenvalue weighted by atomic mass is 10.1. The number of nitrogens with zero attached hydrogens (tertiary/aromatic N) is 4. The van der Waals surface area contributed by atoms with Crippen molar-refractivity contribution in [3.8, 4) is 5.69 Å². The van der Waals surface area contributed by atoms with Gasteiger partial charge >= 0.3 is 5.56 Å². The lowest BCUT2D eigenvalue weighted by Gasteiger charge is -2.16. The normalized spacial score (nSPS) is 11.3. The summed E-state index contributed by atoms with van der Waals surface area (Å²) in [4.78, 5) is 20.9. The molecule has 0 amide bonds. The zero-order valence-corrected chi connectivity index (χ0v) is 16.6. The van der Waals surface area contributed by atoms with Crippen LogP contribution < -0.4 is 5.56 Å². The van der Waals surface area contributed by atoms with Crippen molar-refractivity contribution in [2.75, 3.05) is 0 Å². The molecular weight excluding hydrogens is 402 g/mol. The van der Waals surface area contributed by atoms with Crippen LogP contribution in [0.15, 0.2) is 47.5 Å². The monoisotopic (exact) mass is 416 g/mol. The standard InChI is InChI=1S/C20H15Cl2FN4O/c1-11-7-14(5-6-15(11)22)27-17(8-12-3-4-13(21)9-16(12)23)25-19(28)18-20(27)26(2)10-24-18/h3-7,9-10H,8H2,1-2H3. The van der Waals surface area contributed by atoms with E-state index in [1.807, 2.05) is 19.1 Å². The second-order valence-electron chi connectivity index (χ2n) is 6.54. The van der Waals surface area contributed by atoms with Crippen LogP contribution in [0, 0.1) is 12.7 Å².